The lowest BCUT2D eigenvalue weighted by Gasteiger charge is -2.33. The lowest BCUT2D eigenvalue weighted by molar-refractivity contribution is 0.471. The standard InChI is InChI=1S/C19H22Cl2N2/c1-22-19-9-7-14(12-4-8-17(20)18(21)10-12)15-6-5-13(23(2)3)11-16(15)19/h4-6,8,10-11,14,19,22H,7,9H2,1-3H3/t14-,19-/m0/s1. The molecule has 0 unspecified atom stereocenters. The first-order valence-electron chi connectivity index (χ1n) is 7.94. The normalized spacial score (nSPS) is 20.2. The van der Waals surface area contributed by atoms with Crippen molar-refractivity contribution in [3.05, 3.63) is 63.1 Å². The highest BCUT2D eigenvalue weighted by Crippen LogP contribution is 2.43. The van der Waals surface area contributed by atoms with Gasteiger partial charge in [0.1, 0.15) is 0 Å². The van der Waals surface area contributed by atoms with Crippen LogP contribution in [0.2, 0.25) is 10.0 Å². The first-order chi connectivity index (χ1) is 11.0. The van der Waals surface area contributed by atoms with Crippen molar-refractivity contribution in [2.75, 3.05) is 26.0 Å². The van der Waals surface area contributed by atoms with E-state index in [1.807, 2.05) is 19.2 Å². The SMILES string of the molecule is CN[C@H]1CC[C@@H](c2ccc(Cl)c(Cl)c2)c2ccc(N(C)C)cc21. The molecular weight excluding hydrogens is 327 g/mol. The minimum atomic E-state index is 0.376. The second-order valence-corrected chi connectivity index (χ2v) is 7.17. The van der Waals surface area contributed by atoms with E-state index in [-0.39, 0.29) is 0 Å². The van der Waals surface area contributed by atoms with Crippen LogP contribution in [0, 0.1) is 0 Å². The molecule has 0 spiro atoms. The first kappa shape index (κ1) is 16.6. The summed E-state index contributed by atoms with van der Waals surface area (Å²) < 4.78 is 0. The Morgan fingerprint density at radius 1 is 0.957 bits per heavy atom. The van der Waals surface area contributed by atoms with Crippen molar-refractivity contribution in [1.29, 1.82) is 0 Å². The van der Waals surface area contributed by atoms with Crippen molar-refractivity contribution < 1.29 is 0 Å². The van der Waals surface area contributed by atoms with E-state index in [0.29, 0.717) is 22.0 Å². The molecule has 23 heavy (non-hydrogen) atoms. The van der Waals surface area contributed by atoms with Crippen molar-refractivity contribution >= 4 is 28.9 Å². The van der Waals surface area contributed by atoms with Gasteiger partial charge in [-0.15, -0.1) is 0 Å². The topological polar surface area (TPSA) is 15.3 Å². The van der Waals surface area contributed by atoms with E-state index in [2.05, 4.69) is 48.6 Å². The van der Waals surface area contributed by atoms with Crippen LogP contribution < -0.4 is 10.2 Å². The Morgan fingerprint density at radius 2 is 1.74 bits per heavy atom. The summed E-state index contributed by atoms with van der Waals surface area (Å²) in [6.45, 7) is 0. The Morgan fingerprint density at radius 3 is 2.39 bits per heavy atom. The Balaban J connectivity index is 2.07. The maximum absolute atomic E-state index is 6.23. The van der Waals surface area contributed by atoms with Gasteiger partial charge in [0, 0.05) is 31.7 Å². The van der Waals surface area contributed by atoms with Crippen LogP contribution in [0.3, 0.4) is 0 Å². The maximum Gasteiger partial charge on any atom is 0.0595 e. The van der Waals surface area contributed by atoms with Crippen molar-refractivity contribution in [3.8, 4) is 0 Å². The van der Waals surface area contributed by atoms with Crippen LogP contribution in [0.5, 0.6) is 0 Å². The third-order valence-corrected chi connectivity index (χ3v) is 5.52. The molecule has 0 heterocycles. The summed E-state index contributed by atoms with van der Waals surface area (Å²) in [4.78, 5) is 2.15. The Bertz CT molecular complexity index is 713. The Labute approximate surface area is 148 Å². The number of nitrogens with one attached hydrogen (secondary N) is 1. The van der Waals surface area contributed by atoms with E-state index in [0.717, 1.165) is 12.8 Å². The predicted molar refractivity (Wildman–Crippen MR) is 100 cm³/mol. The largest absolute Gasteiger partial charge is 0.378 e. The zero-order valence-corrected chi connectivity index (χ0v) is 15.2. The lowest BCUT2D eigenvalue weighted by Crippen LogP contribution is -2.25. The molecule has 0 saturated heterocycles. The summed E-state index contributed by atoms with van der Waals surface area (Å²) in [5, 5.41) is 4.70. The fourth-order valence-electron chi connectivity index (χ4n) is 3.48. The summed E-state index contributed by atoms with van der Waals surface area (Å²) in [7, 11) is 6.20. The zero-order chi connectivity index (χ0) is 16.6. The monoisotopic (exact) mass is 348 g/mol. The summed E-state index contributed by atoms with van der Waals surface area (Å²) in [6.07, 6.45) is 2.23. The van der Waals surface area contributed by atoms with Crippen LogP contribution in [0.4, 0.5) is 5.69 Å². The van der Waals surface area contributed by atoms with E-state index < -0.39 is 0 Å². The molecule has 0 amide bonds. The summed E-state index contributed by atoms with van der Waals surface area (Å²) in [6, 6.07) is 13.2. The number of benzene rings is 2. The van der Waals surface area contributed by atoms with Gasteiger partial charge in [-0.25, -0.2) is 0 Å². The average molecular weight is 349 g/mol. The minimum absolute atomic E-state index is 0.376. The van der Waals surface area contributed by atoms with Crippen LogP contribution >= 0.6 is 23.2 Å². The van der Waals surface area contributed by atoms with Crippen LogP contribution in [0.25, 0.3) is 0 Å². The molecule has 0 saturated carbocycles. The molecule has 2 atom stereocenters. The molecule has 0 aliphatic heterocycles. The highest BCUT2D eigenvalue weighted by molar-refractivity contribution is 6.42. The Hall–Kier alpha value is -1.22. The van der Waals surface area contributed by atoms with Gasteiger partial charge in [-0.3, -0.25) is 0 Å². The number of anilines is 1. The molecule has 1 N–H and O–H groups in total. The molecule has 0 bridgehead atoms. The summed E-state index contributed by atoms with van der Waals surface area (Å²) in [5.41, 5.74) is 5.26. The van der Waals surface area contributed by atoms with Gasteiger partial charge in [0.2, 0.25) is 0 Å². The number of fused-ring (bicyclic) bond motifs is 1. The van der Waals surface area contributed by atoms with Crippen LogP contribution in [0.1, 0.15) is 41.5 Å². The van der Waals surface area contributed by atoms with Gasteiger partial charge in [0.15, 0.2) is 0 Å². The molecule has 4 heteroatoms. The maximum atomic E-state index is 6.23. The quantitative estimate of drug-likeness (QED) is 0.815. The fraction of sp³-hybridized carbons (Fsp3) is 0.368. The fourth-order valence-corrected chi connectivity index (χ4v) is 3.79. The van der Waals surface area contributed by atoms with Crippen LogP contribution in [-0.2, 0) is 0 Å². The van der Waals surface area contributed by atoms with E-state index in [1.54, 1.807) is 0 Å². The number of hydrogen-bond acceptors (Lipinski definition) is 2. The number of halogens is 2. The van der Waals surface area contributed by atoms with Gasteiger partial charge in [-0.2, -0.15) is 0 Å². The van der Waals surface area contributed by atoms with E-state index >= 15 is 0 Å². The smallest absolute Gasteiger partial charge is 0.0595 e. The number of rotatable bonds is 3. The molecular formula is C19H22Cl2N2. The highest BCUT2D eigenvalue weighted by Gasteiger charge is 2.28. The molecule has 1 aliphatic carbocycles. The molecule has 0 fully saturated rings. The molecule has 1 aliphatic rings. The third-order valence-electron chi connectivity index (χ3n) is 4.78. The van der Waals surface area contributed by atoms with E-state index in [1.165, 1.54) is 22.4 Å². The van der Waals surface area contributed by atoms with Crippen molar-refractivity contribution in [2.45, 2.75) is 24.8 Å². The van der Waals surface area contributed by atoms with Crippen molar-refractivity contribution in [3.63, 3.8) is 0 Å². The van der Waals surface area contributed by atoms with E-state index in [4.69, 9.17) is 23.2 Å². The number of nitrogens with zero attached hydrogens (tertiary/aromatic N) is 1. The van der Waals surface area contributed by atoms with Crippen LogP contribution in [0.15, 0.2) is 36.4 Å². The average Bonchev–Trinajstić information content (AvgIpc) is 2.55. The molecule has 2 aromatic carbocycles. The third kappa shape index (κ3) is 3.21. The van der Waals surface area contributed by atoms with Gasteiger partial charge in [0.25, 0.3) is 0 Å². The molecule has 122 valence electrons. The van der Waals surface area contributed by atoms with Gasteiger partial charge in [-0.05, 0) is 60.8 Å². The zero-order valence-electron chi connectivity index (χ0n) is 13.7. The lowest BCUT2D eigenvalue weighted by atomic mass is 9.76. The van der Waals surface area contributed by atoms with Crippen molar-refractivity contribution in [2.24, 2.45) is 0 Å². The number of hydrogen-bond donors (Lipinski definition) is 1. The molecule has 2 aromatic rings. The molecule has 2 nitrogen and oxygen atoms in total. The second-order valence-electron chi connectivity index (χ2n) is 6.35. The second kappa shape index (κ2) is 6.72. The summed E-state index contributed by atoms with van der Waals surface area (Å²) >= 11 is 12.3. The molecule has 0 radical (unpaired) electrons. The van der Waals surface area contributed by atoms with Crippen molar-refractivity contribution in [1.82, 2.24) is 5.32 Å². The minimum Gasteiger partial charge on any atom is -0.378 e. The first-order valence-corrected chi connectivity index (χ1v) is 8.70. The van der Waals surface area contributed by atoms with Gasteiger partial charge < -0.3 is 10.2 Å². The predicted octanol–water partition coefficient (Wildman–Crippen LogP) is 5.25. The highest BCUT2D eigenvalue weighted by atomic mass is 35.5. The van der Waals surface area contributed by atoms with Crippen LogP contribution in [-0.4, -0.2) is 21.1 Å². The van der Waals surface area contributed by atoms with Gasteiger partial charge >= 0.3 is 0 Å². The molecule has 3 rings (SSSR count). The van der Waals surface area contributed by atoms with Gasteiger partial charge in [-0.1, -0.05) is 35.3 Å². The summed E-state index contributed by atoms with van der Waals surface area (Å²) in [5.74, 6) is 0.376. The Kier molecular flexibility index (Phi) is 4.86. The van der Waals surface area contributed by atoms with E-state index in [9.17, 15) is 0 Å². The molecule has 0 aromatic heterocycles. The van der Waals surface area contributed by atoms with Gasteiger partial charge in [0.05, 0.1) is 10.0 Å².